The van der Waals surface area contributed by atoms with Crippen molar-refractivity contribution in [2.75, 3.05) is 18.4 Å². The minimum Gasteiger partial charge on any atom is -0.497 e. The lowest BCUT2D eigenvalue weighted by molar-refractivity contribution is 0.0952. The Labute approximate surface area is 180 Å². The van der Waals surface area contributed by atoms with Crippen molar-refractivity contribution in [2.24, 2.45) is 0 Å². The highest BCUT2D eigenvalue weighted by atomic mass is 32.2. The topological polar surface area (TPSA) is 123 Å². The fourth-order valence-electron chi connectivity index (χ4n) is 2.86. The van der Waals surface area contributed by atoms with E-state index in [0.29, 0.717) is 53.7 Å². The van der Waals surface area contributed by atoms with Crippen LogP contribution in [-0.4, -0.2) is 38.1 Å². The Bertz CT molecular complexity index is 1160. The zero-order valence-electron chi connectivity index (χ0n) is 17.5. The molecule has 3 rings (SSSR count). The van der Waals surface area contributed by atoms with Gasteiger partial charge in [-0.25, -0.2) is 8.42 Å². The van der Waals surface area contributed by atoms with E-state index in [1.807, 2.05) is 0 Å². The molecule has 2 N–H and O–H groups in total. The Kier molecular flexibility index (Phi) is 6.91. The molecular formula is C21H24N4O5S. The van der Waals surface area contributed by atoms with Crippen LogP contribution in [0, 0.1) is 13.8 Å². The van der Waals surface area contributed by atoms with Crippen LogP contribution in [0.15, 0.2) is 51.9 Å². The molecule has 0 unspecified atom stereocenters. The van der Waals surface area contributed by atoms with Gasteiger partial charge in [-0.15, -0.1) is 0 Å². The van der Waals surface area contributed by atoms with E-state index in [0.717, 1.165) is 0 Å². The summed E-state index contributed by atoms with van der Waals surface area (Å²) in [5.41, 5.74) is 1.36. The maximum absolute atomic E-state index is 12.8. The quantitative estimate of drug-likeness (QED) is 0.486. The summed E-state index contributed by atoms with van der Waals surface area (Å²) < 4.78 is 38.1. The molecule has 0 fully saturated rings. The summed E-state index contributed by atoms with van der Waals surface area (Å²) >= 11 is 0. The van der Waals surface area contributed by atoms with E-state index >= 15 is 0 Å². The van der Waals surface area contributed by atoms with Gasteiger partial charge in [0.05, 0.1) is 12.0 Å². The maximum atomic E-state index is 12.8. The van der Waals surface area contributed by atoms with Gasteiger partial charge < -0.3 is 14.6 Å². The van der Waals surface area contributed by atoms with E-state index in [1.54, 1.807) is 44.2 Å². The molecule has 1 heterocycles. The van der Waals surface area contributed by atoms with Crippen molar-refractivity contribution in [3.05, 3.63) is 65.3 Å². The zero-order chi connectivity index (χ0) is 22.4. The van der Waals surface area contributed by atoms with Gasteiger partial charge in [0.2, 0.25) is 5.89 Å². The number of aromatic nitrogens is 2. The SMILES string of the molecule is COc1ccc(NS(=O)(=O)c2ccc(C)c(C(=O)NCCCc3nc(C)no3)c2)cc1. The summed E-state index contributed by atoms with van der Waals surface area (Å²) in [5.74, 6) is 1.35. The zero-order valence-corrected chi connectivity index (χ0v) is 18.3. The lowest BCUT2D eigenvalue weighted by Gasteiger charge is -2.12. The first kappa shape index (κ1) is 22.3. The fourth-order valence-corrected chi connectivity index (χ4v) is 3.95. The van der Waals surface area contributed by atoms with Crippen LogP contribution in [-0.2, 0) is 16.4 Å². The van der Waals surface area contributed by atoms with Gasteiger partial charge in [-0.2, -0.15) is 4.98 Å². The van der Waals surface area contributed by atoms with E-state index in [4.69, 9.17) is 9.26 Å². The predicted molar refractivity (Wildman–Crippen MR) is 115 cm³/mol. The van der Waals surface area contributed by atoms with Gasteiger partial charge >= 0.3 is 0 Å². The smallest absolute Gasteiger partial charge is 0.261 e. The molecule has 31 heavy (non-hydrogen) atoms. The van der Waals surface area contributed by atoms with E-state index < -0.39 is 10.0 Å². The molecule has 2 aromatic carbocycles. The van der Waals surface area contributed by atoms with E-state index in [9.17, 15) is 13.2 Å². The molecular weight excluding hydrogens is 420 g/mol. The second-order valence-electron chi connectivity index (χ2n) is 6.91. The molecule has 0 saturated carbocycles. The number of sulfonamides is 1. The van der Waals surface area contributed by atoms with Crippen molar-refractivity contribution in [1.82, 2.24) is 15.5 Å². The molecule has 10 heteroatoms. The molecule has 0 aliphatic heterocycles. The average Bonchev–Trinajstić information content (AvgIpc) is 3.16. The van der Waals surface area contributed by atoms with Gasteiger partial charge in [0.15, 0.2) is 5.82 Å². The molecule has 1 aromatic heterocycles. The van der Waals surface area contributed by atoms with Crippen LogP contribution in [0.3, 0.4) is 0 Å². The molecule has 0 saturated heterocycles. The van der Waals surface area contributed by atoms with Gasteiger partial charge in [0.25, 0.3) is 15.9 Å². The van der Waals surface area contributed by atoms with Crippen molar-refractivity contribution in [1.29, 1.82) is 0 Å². The van der Waals surface area contributed by atoms with Crippen LogP contribution >= 0.6 is 0 Å². The Balaban J connectivity index is 1.65. The summed E-state index contributed by atoms with van der Waals surface area (Å²) in [6, 6.07) is 11.0. The van der Waals surface area contributed by atoms with Gasteiger partial charge in [0.1, 0.15) is 5.75 Å². The molecule has 0 aliphatic rings. The number of anilines is 1. The number of methoxy groups -OCH3 is 1. The highest BCUT2D eigenvalue weighted by molar-refractivity contribution is 7.92. The summed E-state index contributed by atoms with van der Waals surface area (Å²) in [4.78, 5) is 16.7. The standard InChI is InChI=1S/C21H24N4O5S/c1-14-6-11-18(31(27,28)25-16-7-9-17(29-3)10-8-16)13-19(14)21(26)22-12-4-5-20-23-15(2)24-30-20/h6-11,13,25H,4-5,12H2,1-3H3,(H,22,26). The van der Waals surface area contributed by atoms with Crippen LogP contribution in [0.4, 0.5) is 5.69 Å². The van der Waals surface area contributed by atoms with Gasteiger partial charge in [-0.3, -0.25) is 9.52 Å². The van der Waals surface area contributed by atoms with Crippen LogP contribution in [0.25, 0.3) is 0 Å². The number of carbonyl (C=O) groups excluding carboxylic acids is 1. The average molecular weight is 445 g/mol. The maximum Gasteiger partial charge on any atom is 0.261 e. The molecule has 9 nitrogen and oxygen atoms in total. The molecule has 0 radical (unpaired) electrons. The van der Waals surface area contributed by atoms with E-state index in [2.05, 4.69) is 20.2 Å². The second kappa shape index (κ2) is 9.61. The van der Waals surface area contributed by atoms with Gasteiger partial charge in [-0.05, 0) is 62.2 Å². The Morgan fingerprint density at radius 1 is 1.13 bits per heavy atom. The third kappa shape index (κ3) is 5.82. The minimum absolute atomic E-state index is 0.000373. The number of amides is 1. The summed E-state index contributed by atoms with van der Waals surface area (Å²) in [6.07, 6.45) is 1.16. The third-order valence-electron chi connectivity index (χ3n) is 4.53. The molecule has 164 valence electrons. The number of rotatable bonds is 9. The summed E-state index contributed by atoms with van der Waals surface area (Å²) in [6.45, 7) is 3.88. The molecule has 0 atom stereocenters. The number of nitrogens with one attached hydrogen (secondary N) is 2. The largest absolute Gasteiger partial charge is 0.497 e. The van der Waals surface area contributed by atoms with Gasteiger partial charge in [-0.1, -0.05) is 11.2 Å². The lowest BCUT2D eigenvalue weighted by Crippen LogP contribution is -2.26. The van der Waals surface area contributed by atoms with Gasteiger partial charge in [0, 0.05) is 24.2 Å². The van der Waals surface area contributed by atoms with Crippen molar-refractivity contribution in [2.45, 2.75) is 31.6 Å². The number of ether oxygens (including phenoxy) is 1. The Morgan fingerprint density at radius 3 is 2.52 bits per heavy atom. The molecule has 0 bridgehead atoms. The summed E-state index contributed by atoms with van der Waals surface area (Å²) in [5, 5.41) is 6.52. The number of aryl methyl sites for hydroxylation is 3. The van der Waals surface area contributed by atoms with E-state index in [-0.39, 0.29) is 10.8 Å². The monoisotopic (exact) mass is 444 g/mol. The molecule has 3 aromatic rings. The van der Waals surface area contributed by atoms with E-state index in [1.165, 1.54) is 19.2 Å². The second-order valence-corrected chi connectivity index (χ2v) is 8.59. The minimum atomic E-state index is -3.86. The van der Waals surface area contributed by atoms with Crippen LogP contribution in [0.2, 0.25) is 0 Å². The fraction of sp³-hybridized carbons (Fsp3) is 0.286. The van der Waals surface area contributed by atoms with Crippen molar-refractivity contribution in [3.8, 4) is 5.75 Å². The highest BCUT2D eigenvalue weighted by Crippen LogP contribution is 2.21. The van der Waals surface area contributed by atoms with Crippen molar-refractivity contribution < 1.29 is 22.5 Å². The first-order chi connectivity index (χ1) is 14.8. The normalized spacial score (nSPS) is 11.2. The number of nitrogens with zero attached hydrogens (tertiary/aromatic N) is 2. The first-order valence-electron chi connectivity index (χ1n) is 9.63. The number of carbonyl (C=O) groups is 1. The molecule has 1 amide bonds. The number of hydrogen-bond acceptors (Lipinski definition) is 7. The van der Waals surface area contributed by atoms with Crippen LogP contribution in [0.1, 0.15) is 34.1 Å². The Morgan fingerprint density at radius 2 is 1.87 bits per heavy atom. The first-order valence-corrected chi connectivity index (χ1v) is 11.1. The Hall–Kier alpha value is -3.40. The lowest BCUT2D eigenvalue weighted by atomic mass is 10.1. The third-order valence-corrected chi connectivity index (χ3v) is 5.91. The summed E-state index contributed by atoms with van der Waals surface area (Å²) in [7, 11) is -2.33. The predicted octanol–water partition coefficient (Wildman–Crippen LogP) is 2.86. The highest BCUT2D eigenvalue weighted by Gasteiger charge is 2.18. The van der Waals surface area contributed by atoms with Crippen molar-refractivity contribution >= 4 is 21.6 Å². The molecule has 0 spiro atoms. The number of hydrogen-bond donors (Lipinski definition) is 2. The van der Waals surface area contributed by atoms with Crippen LogP contribution < -0.4 is 14.8 Å². The van der Waals surface area contributed by atoms with Crippen molar-refractivity contribution in [3.63, 3.8) is 0 Å². The van der Waals surface area contributed by atoms with Crippen LogP contribution in [0.5, 0.6) is 5.75 Å². The number of benzene rings is 2. The molecule has 0 aliphatic carbocycles.